The molecule has 0 atom stereocenters. The number of anilines is 1. The fraction of sp³-hybridized carbons (Fsp3) is 0.125. The third kappa shape index (κ3) is 4.13. The van der Waals surface area contributed by atoms with Gasteiger partial charge in [-0.3, -0.25) is 0 Å². The smallest absolute Gasteiger partial charge is 0.407 e. The first-order valence-corrected chi connectivity index (χ1v) is 9.81. The Morgan fingerprint density at radius 2 is 1.69 bits per heavy atom. The molecule has 0 heterocycles. The van der Waals surface area contributed by atoms with Crippen molar-refractivity contribution in [3.05, 3.63) is 94.5 Å². The predicted octanol–water partition coefficient (Wildman–Crippen LogP) is 5.47. The Hall–Kier alpha value is -3.24. The van der Waals surface area contributed by atoms with Crippen LogP contribution in [0.15, 0.2) is 72.8 Å². The predicted molar refractivity (Wildman–Crippen MR) is 118 cm³/mol. The second-order valence-electron chi connectivity index (χ2n) is 6.89. The number of alkyl carbamates (subject to hydrolysis) is 1. The fourth-order valence-corrected chi connectivity index (χ4v) is 3.85. The molecule has 146 valence electrons. The Labute approximate surface area is 175 Å². The molecule has 1 aliphatic rings. The number of hydrogen-bond donors (Lipinski definition) is 2. The standard InChI is InChI=1S/C24H21ClN2O2/c25-23-12-11-17(26)14-16(23)6-5-13-27-24(28)29-15-22-20-9-3-1-7-18(20)19-8-2-4-10-21(19)22/h1-12,14,22H,13,15,26H2,(H,27,28). The molecule has 3 aromatic carbocycles. The zero-order valence-electron chi connectivity index (χ0n) is 15.8. The van der Waals surface area contributed by atoms with E-state index in [4.69, 9.17) is 22.1 Å². The van der Waals surface area contributed by atoms with Gasteiger partial charge in [-0.05, 0) is 46.0 Å². The van der Waals surface area contributed by atoms with Gasteiger partial charge in [0.25, 0.3) is 0 Å². The normalized spacial score (nSPS) is 12.6. The lowest BCUT2D eigenvalue weighted by Gasteiger charge is -2.14. The maximum Gasteiger partial charge on any atom is 0.407 e. The zero-order chi connectivity index (χ0) is 20.2. The van der Waals surface area contributed by atoms with Crippen molar-refractivity contribution in [1.29, 1.82) is 0 Å². The molecule has 1 aliphatic carbocycles. The number of nitrogens with two attached hydrogens (primary N) is 1. The highest BCUT2D eigenvalue weighted by Crippen LogP contribution is 2.44. The molecule has 0 aliphatic heterocycles. The monoisotopic (exact) mass is 404 g/mol. The molecule has 3 aromatic rings. The summed E-state index contributed by atoms with van der Waals surface area (Å²) < 4.78 is 5.50. The first-order chi connectivity index (χ1) is 14.1. The summed E-state index contributed by atoms with van der Waals surface area (Å²) in [4.78, 5) is 12.1. The molecular weight excluding hydrogens is 384 g/mol. The number of benzene rings is 3. The van der Waals surface area contributed by atoms with Crippen LogP contribution in [0.2, 0.25) is 5.02 Å². The van der Waals surface area contributed by atoms with Gasteiger partial charge in [0.05, 0.1) is 0 Å². The van der Waals surface area contributed by atoms with Gasteiger partial charge in [0.2, 0.25) is 0 Å². The van der Waals surface area contributed by atoms with E-state index in [2.05, 4.69) is 29.6 Å². The maximum absolute atomic E-state index is 12.1. The Kier molecular flexibility index (Phi) is 5.54. The Morgan fingerprint density at radius 3 is 2.38 bits per heavy atom. The molecule has 0 radical (unpaired) electrons. The van der Waals surface area contributed by atoms with Crippen LogP contribution in [0.1, 0.15) is 22.6 Å². The fourth-order valence-electron chi connectivity index (χ4n) is 3.67. The van der Waals surface area contributed by atoms with E-state index >= 15 is 0 Å². The SMILES string of the molecule is Nc1ccc(Cl)c(C=CCNC(=O)OCC2c3ccccc3-c3ccccc32)c1. The maximum atomic E-state index is 12.1. The Morgan fingerprint density at radius 1 is 1.03 bits per heavy atom. The van der Waals surface area contributed by atoms with Crippen molar-refractivity contribution >= 4 is 29.5 Å². The van der Waals surface area contributed by atoms with Gasteiger partial charge in [0.15, 0.2) is 0 Å². The van der Waals surface area contributed by atoms with E-state index in [0.29, 0.717) is 23.9 Å². The van der Waals surface area contributed by atoms with Gasteiger partial charge in [-0.2, -0.15) is 0 Å². The van der Waals surface area contributed by atoms with Crippen molar-refractivity contribution in [1.82, 2.24) is 5.32 Å². The molecule has 1 amide bonds. The number of nitrogens with one attached hydrogen (secondary N) is 1. The largest absolute Gasteiger partial charge is 0.449 e. The highest BCUT2D eigenvalue weighted by molar-refractivity contribution is 6.32. The van der Waals surface area contributed by atoms with Gasteiger partial charge < -0.3 is 15.8 Å². The number of hydrogen-bond acceptors (Lipinski definition) is 3. The van der Waals surface area contributed by atoms with Crippen LogP contribution in [0.3, 0.4) is 0 Å². The van der Waals surface area contributed by atoms with Crippen LogP contribution < -0.4 is 11.1 Å². The number of rotatable bonds is 5. The van der Waals surface area contributed by atoms with Crippen molar-refractivity contribution in [2.24, 2.45) is 0 Å². The summed E-state index contributed by atoms with van der Waals surface area (Å²) in [5, 5.41) is 3.34. The van der Waals surface area contributed by atoms with E-state index in [0.717, 1.165) is 5.56 Å². The number of carbonyl (C=O) groups excluding carboxylic acids is 1. The van der Waals surface area contributed by atoms with Crippen LogP contribution in [0.25, 0.3) is 17.2 Å². The lowest BCUT2D eigenvalue weighted by molar-refractivity contribution is 0.144. The summed E-state index contributed by atoms with van der Waals surface area (Å²) in [5.74, 6) is 0.0507. The topological polar surface area (TPSA) is 64.3 Å². The van der Waals surface area contributed by atoms with E-state index in [1.165, 1.54) is 22.3 Å². The molecule has 5 heteroatoms. The molecule has 0 bridgehead atoms. The van der Waals surface area contributed by atoms with E-state index < -0.39 is 6.09 Å². The summed E-state index contributed by atoms with van der Waals surface area (Å²) in [5.41, 5.74) is 12.0. The van der Waals surface area contributed by atoms with Crippen molar-refractivity contribution < 1.29 is 9.53 Å². The lowest BCUT2D eigenvalue weighted by Crippen LogP contribution is -2.26. The molecule has 0 spiro atoms. The van der Waals surface area contributed by atoms with Crippen LogP contribution in [0.5, 0.6) is 0 Å². The van der Waals surface area contributed by atoms with Gasteiger partial charge in [-0.1, -0.05) is 72.3 Å². The van der Waals surface area contributed by atoms with E-state index in [1.807, 2.05) is 36.4 Å². The van der Waals surface area contributed by atoms with Crippen LogP contribution in [0.4, 0.5) is 10.5 Å². The number of carbonyl (C=O) groups is 1. The summed E-state index contributed by atoms with van der Waals surface area (Å²) >= 11 is 6.12. The van der Waals surface area contributed by atoms with Crippen LogP contribution >= 0.6 is 11.6 Å². The third-order valence-corrected chi connectivity index (χ3v) is 5.37. The minimum atomic E-state index is -0.449. The summed E-state index contributed by atoms with van der Waals surface area (Å²) in [7, 11) is 0. The molecular formula is C24H21ClN2O2. The van der Waals surface area contributed by atoms with Crippen molar-refractivity contribution in [2.45, 2.75) is 5.92 Å². The molecule has 3 N–H and O–H groups in total. The van der Waals surface area contributed by atoms with Crippen LogP contribution in [0, 0.1) is 0 Å². The van der Waals surface area contributed by atoms with Gasteiger partial charge in [0.1, 0.15) is 6.61 Å². The van der Waals surface area contributed by atoms with E-state index in [9.17, 15) is 4.79 Å². The van der Waals surface area contributed by atoms with Crippen LogP contribution in [-0.2, 0) is 4.74 Å². The quantitative estimate of drug-likeness (QED) is 0.554. The number of fused-ring (bicyclic) bond motifs is 3. The van der Waals surface area contributed by atoms with Crippen molar-refractivity contribution in [2.75, 3.05) is 18.9 Å². The number of amides is 1. The van der Waals surface area contributed by atoms with Gasteiger partial charge in [-0.15, -0.1) is 0 Å². The summed E-state index contributed by atoms with van der Waals surface area (Å²) in [6.45, 7) is 0.631. The minimum absolute atomic E-state index is 0.0507. The average Bonchev–Trinajstić information content (AvgIpc) is 3.06. The second kappa shape index (κ2) is 8.41. The zero-order valence-corrected chi connectivity index (χ0v) is 16.5. The lowest BCUT2D eigenvalue weighted by atomic mass is 9.98. The molecule has 0 aromatic heterocycles. The van der Waals surface area contributed by atoms with Gasteiger partial charge in [0, 0.05) is 23.2 Å². The Balaban J connectivity index is 1.34. The number of nitrogen functional groups attached to an aromatic ring is 1. The molecule has 0 fully saturated rings. The number of ether oxygens (including phenoxy) is 1. The molecule has 0 unspecified atom stereocenters. The second-order valence-corrected chi connectivity index (χ2v) is 7.30. The van der Waals surface area contributed by atoms with E-state index in [-0.39, 0.29) is 5.92 Å². The van der Waals surface area contributed by atoms with Crippen molar-refractivity contribution in [3.8, 4) is 11.1 Å². The first kappa shape index (κ1) is 19.1. The molecule has 29 heavy (non-hydrogen) atoms. The molecule has 4 rings (SSSR count). The molecule has 0 saturated carbocycles. The minimum Gasteiger partial charge on any atom is -0.449 e. The summed E-state index contributed by atoms with van der Waals surface area (Å²) in [6.07, 6.45) is 3.18. The van der Waals surface area contributed by atoms with Gasteiger partial charge in [-0.25, -0.2) is 4.79 Å². The van der Waals surface area contributed by atoms with Gasteiger partial charge >= 0.3 is 6.09 Å². The van der Waals surface area contributed by atoms with Crippen LogP contribution in [-0.4, -0.2) is 19.2 Å². The van der Waals surface area contributed by atoms with Crippen molar-refractivity contribution in [3.63, 3.8) is 0 Å². The molecule has 4 nitrogen and oxygen atoms in total. The highest BCUT2D eigenvalue weighted by atomic mass is 35.5. The van der Waals surface area contributed by atoms with E-state index in [1.54, 1.807) is 18.2 Å². The first-order valence-electron chi connectivity index (χ1n) is 9.44. The third-order valence-electron chi connectivity index (χ3n) is 5.03. The highest BCUT2D eigenvalue weighted by Gasteiger charge is 2.28. The Bertz CT molecular complexity index is 1030. The molecule has 0 saturated heterocycles. The average molecular weight is 405 g/mol. The summed E-state index contributed by atoms with van der Waals surface area (Å²) in [6, 6.07) is 21.8. The number of halogens is 1.